The molecule has 0 aromatic carbocycles. The number of hydrogen-bond acceptors (Lipinski definition) is 6. The van der Waals surface area contributed by atoms with Crippen LogP contribution in [0.1, 0.15) is 38.6 Å². The number of carbonyl (C=O) groups is 1. The van der Waals surface area contributed by atoms with Gasteiger partial charge in [0.15, 0.2) is 0 Å². The SMILES string of the molecule is C[C@H](CO)CNC(=O)CSc1nnnn1C1CCCC1. The zero-order valence-electron chi connectivity index (χ0n) is 11.7. The van der Waals surface area contributed by atoms with Gasteiger partial charge in [0.2, 0.25) is 11.1 Å². The minimum absolute atomic E-state index is 0.0590. The Balaban J connectivity index is 1.79. The highest BCUT2D eigenvalue weighted by Gasteiger charge is 2.22. The van der Waals surface area contributed by atoms with Gasteiger partial charge in [0, 0.05) is 13.2 Å². The minimum atomic E-state index is -0.0590. The van der Waals surface area contributed by atoms with Gasteiger partial charge in [0.25, 0.3) is 0 Å². The van der Waals surface area contributed by atoms with Crippen molar-refractivity contribution in [3.8, 4) is 0 Å². The van der Waals surface area contributed by atoms with E-state index in [9.17, 15) is 4.79 Å². The Labute approximate surface area is 122 Å². The predicted molar refractivity (Wildman–Crippen MR) is 75.3 cm³/mol. The lowest BCUT2D eigenvalue weighted by Gasteiger charge is -2.11. The molecule has 1 amide bonds. The van der Waals surface area contributed by atoms with Gasteiger partial charge < -0.3 is 10.4 Å². The third-order valence-corrected chi connectivity index (χ3v) is 4.36. The lowest BCUT2D eigenvalue weighted by molar-refractivity contribution is -0.118. The molecule has 1 aliphatic rings. The van der Waals surface area contributed by atoms with E-state index in [0.29, 0.717) is 23.5 Å². The number of rotatable bonds is 7. The number of carbonyl (C=O) groups excluding carboxylic acids is 1. The third-order valence-electron chi connectivity index (χ3n) is 3.42. The van der Waals surface area contributed by atoms with Crippen LogP contribution < -0.4 is 5.32 Å². The second-order valence-electron chi connectivity index (χ2n) is 5.22. The third kappa shape index (κ3) is 4.17. The molecule has 8 heteroatoms. The van der Waals surface area contributed by atoms with Gasteiger partial charge in [0.05, 0.1) is 11.8 Å². The first kappa shape index (κ1) is 15.2. The van der Waals surface area contributed by atoms with E-state index in [1.165, 1.54) is 24.6 Å². The van der Waals surface area contributed by atoms with Crippen molar-refractivity contribution in [1.82, 2.24) is 25.5 Å². The summed E-state index contributed by atoms with van der Waals surface area (Å²) >= 11 is 1.36. The minimum Gasteiger partial charge on any atom is -0.396 e. The quantitative estimate of drug-likeness (QED) is 0.717. The maximum absolute atomic E-state index is 11.7. The Morgan fingerprint density at radius 2 is 2.30 bits per heavy atom. The van der Waals surface area contributed by atoms with Gasteiger partial charge in [-0.2, -0.15) is 0 Å². The zero-order valence-corrected chi connectivity index (χ0v) is 12.5. The molecule has 2 rings (SSSR count). The average Bonchev–Trinajstić information content (AvgIpc) is 3.12. The largest absolute Gasteiger partial charge is 0.396 e. The Bertz CT molecular complexity index is 433. The summed E-state index contributed by atoms with van der Waals surface area (Å²) in [6.07, 6.45) is 4.65. The molecule has 2 N–H and O–H groups in total. The normalized spacial score (nSPS) is 17.3. The smallest absolute Gasteiger partial charge is 0.230 e. The lowest BCUT2D eigenvalue weighted by atomic mass is 10.2. The number of amides is 1. The molecule has 112 valence electrons. The van der Waals surface area contributed by atoms with E-state index in [4.69, 9.17) is 5.11 Å². The highest BCUT2D eigenvalue weighted by Crippen LogP contribution is 2.31. The molecule has 0 spiro atoms. The summed E-state index contributed by atoms with van der Waals surface area (Å²) in [5.74, 6) is 0.314. The van der Waals surface area contributed by atoms with Gasteiger partial charge in [-0.05, 0) is 29.2 Å². The van der Waals surface area contributed by atoms with E-state index in [2.05, 4.69) is 20.8 Å². The van der Waals surface area contributed by atoms with Crippen LogP contribution in [0.2, 0.25) is 0 Å². The van der Waals surface area contributed by atoms with Crippen LogP contribution in [0.4, 0.5) is 0 Å². The van der Waals surface area contributed by atoms with Gasteiger partial charge in [-0.3, -0.25) is 4.79 Å². The number of nitrogens with zero attached hydrogens (tertiary/aromatic N) is 4. The molecule has 1 atom stereocenters. The van der Waals surface area contributed by atoms with E-state index in [-0.39, 0.29) is 18.4 Å². The second kappa shape index (κ2) is 7.58. The van der Waals surface area contributed by atoms with Gasteiger partial charge in [0.1, 0.15) is 0 Å². The molecule has 0 bridgehead atoms. The van der Waals surface area contributed by atoms with Crippen LogP contribution in [0.15, 0.2) is 5.16 Å². The van der Waals surface area contributed by atoms with Crippen molar-refractivity contribution in [2.75, 3.05) is 18.9 Å². The number of aliphatic hydroxyl groups excluding tert-OH is 1. The molecule has 1 heterocycles. The number of hydrogen-bond donors (Lipinski definition) is 2. The number of tetrazole rings is 1. The Kier molecular flexibility index (Phi) is 5.78. The molecule has 1 aliphatic carbocycles. The van der Waals surface area contributed by atoms with Crippen LogP contribution in [0.25, 0.3) is 0 Å². The highest BCUT2D eigenvalue weighted by molar-refractivity contribution is 7.99. The summed E-state index contributed by atoms with van der Waals surface area (Å²) in [6.45, 7) is 2.45. The van der Waals surface area contributed by atoms with Crippen molar-refractivity contribution in [3.05, 3.63) is 0 Å². The van der Waals surface area contributed by atoms with E-state index in [1.807, 2.05) is 11.6 Å². The fourth-order valence-electron chi connectivity index (χ4n) is 2.19. The first-order chi connectivity index (χ1) is 9.70. The van der Waals surface area contributed by atoms with Gasteiger partial charge >= 0.3 is 0 Å². The molecular formula is C12H21N5O2S. The summed E-state index contributed by atoms with van der Waals surface area (Å²) in [4.78, 5) is 11.7. The maximum atomic E-state index is 11.7. The molecule has 1 saturated carbocycles. The van der Waals surface area contributed by atoms with Crippen molar-refractivity contribution in [2.45, 2.75) is 43.8 Å². The number of aliphatic hydroxyl groups is 1. The molecular weight excluding hydrogens is 278 g/mol. The average molecular weight is 299 g/mol. The fraction of sp³-hybridized carbons (Fsp3) is 0.833. The van der Waals surface area contributed by atoms with Crippen LogP contribution >= 0.6 is 11.8 Å². The van der Waals surface area contributed by atoms with E-state index in [0.717, 1.165) is 12.8 Å². The van der Waals surface area contributed by atoms with Crippen LogP contribution in [0.5, 0.6) is 0 Å². The van der Waals surface area contributed by atoms with Crippen LogP contribution in [0.3, 0.4) is 0 Å². The van der Waals surface area contributed by atoms with Crippen molar-refractivity contribution in [3.63, 3.8) is 0 Å². The molecule has 7 nitrogen and oxygen atoms in total. The Morgan fingerprint density at radius 1 is 1.55 bits per heavy atom. The van der Waals surface area contributed by atoms with E-state index in [1.54, 1.807) is 0 Å². The van der Waals surface area contributed by atoms with Gasteiger partial charge in [-0.25, -0.2) is 4.68 Å². The van der Waals surface area contributed by atoms with Gasteiger partial charge in [-0.1, -0.05) is 31.5 Å². The van der Waals surface area contributed by atoms with Crippen LogP contribution in [-0.2, 0) is 4.79 Å². The molecule has 1 aromatic heterocycles. The molecule has 1 aromatic rings. The molecule has 1 fully saturated rings. The summed E-state index contributed by atoms with van der Waals surface area (Å²) in [7, 11) is 0. The van der Waals surface area contributed by atoms with Crippen LogP contribution in [-0.4, -0.2) is 50.1 Å². The fourth-order valence-corrected chi connectivity index (χ4v) is 2.97. The predicted octanol–water partition coefficient (Wildman–Crippen LogP) is 0.625. The van der Waals surface area contributed by atoms with Crippen molar-refractivity contribution in [1.29, 1.82) is 0 Å². The summed E-state index contributed by atoms with van der Waals surface area (Å²) in [5.41, 5.74) is 0. The summed E-state index contributed by atoms with van der Waals surface area (Å²) < 4.78 is 1.85. The molecule has 20 heavy (non-hydrogen) atoms. The zero-order chi connectivity index (χ0) is 14.4. The Morgan fingerprint density at radius 3 is 3.00 bits per heavy atom. The second-order valence-corrected chi connectivity index (χ2v) is 6.17. The molecule has 0 saturated heterocycles. The highest BCUT2D eigenvalue weighted by atomic mass is 32.2. The number of thioether (sulfide) groups is 1. The number of aromatic nitrogens is 4. The van der Waals surface area contributed by atoms with Gasteiger partial charge in [-0.15, -0.1) is 5.10 Å². The standard InChI is InChI=1S/C12H21N5O2S/c1-9(7-18)6-13-11(19)8-20-12-14-15-16-17(12)10-4-2-3-5-10/h9-10,18H,2-8H2,1H3,(H,13,19)/t9-/m0/s1. The first-order valence-electron chi connectivity index (χ1n) is 6.99. The summed E-state index contributed by atoms with van der Waals surface area (Å²) in [6, 6.07) is 0.380. The molecule has 0 radical (unpaired) electrons. The lowest BCUT2D eigenvalue weighted by Crippen LogP contribution is -2.30. The summed E-state index contributed by atoms with van der Waals surface area (Å²) in [5, 5.41) is 24.1. The maximum Gasteiger partial charge on any atom is 0.230 e. The van der Waals surface area contributed by atoms with Crippen molar-refractivity contribution >= 4 is 17.7 Å². The van der Waals surface area contributed by atoms with E-state index >= 15 is 0 Å². The monoisotopic (exact) mass is 299 g/mol. The van der Waals surface area contributed by atoms with Crippen molar-refractivity contribution < 1.29 is 9.90 Å². The topological polar surface area (TPSA) is 92.9 Å². The Hall–Kier alpha value is -1.15. The first-order valence-corrected chi connectivity index (χ1v) is 7.97. The van der Waals surface area contributed by atoms with E-state index < -0.39 is 0 Å². The molecule has 0 aliphatic heterocycles. The van der Waals surface area contributed by atoms with Crippen molar-refractivity contribution in [2.24, 2.45) is 5.92 Å². The molecule has 0 unspecified atom stereocenters. The van der Waals surface area contributed by atoms with Crippen LogP contribution in [0, 0.1) is 5.92 Å². The number of nitrogens with one attached hydrogen (secondary N) is 1.